The highest BCUT2D eigenvalue weighted by molar-refractivity contribution is 9.10. The number of hydrogen-bond acceptors (Lipinski definition) is 5. The number of esters is 1. The lowest BCUT2D eigenvalue weighted by molar-refractivity contribution is -0.129. The first kappa shape index (κ1) is 22.2. The van der Waals surface area contributed by atoms with Crippen molar-refractivity contribution in [3.8, 4) is 11.5 Å². The Hall–Kier alpha value is -2.97. The second-order valence-electron chi connectivity index (χ2n) is 6.76. The van der Waals surface area contributed by atoms with Gasteiger partial charge in [0.15, 0.2) is 17.2 Å². The summed E-state index contributed by atoms with van der Waals surface area (Å²) in [7, 11) is 1.50. The van der Waals surface area contributed by atoms with Crippen molar-refractivity contribution in [1.82, 2.24) is 0 Å². The van der Waals surface area contributed by atoms with Crippen LogP contribution in [0.25, 0.3) is 6.08 Å². The molecule has 0 fully saturated rings. The van der Waals surface area contributed by atoms with Crippen molar-refractivity contribution < 1.29 is 23.4 Å². The van der Waals surface area contributed by atoms with E-state index in [9.17, 15) is 9.18 Å². The van der Waals surface area contributed by atoms with Crippen LogP contribution in [0.4, 0.5) is 4.39 Å². The fourth-order valence-electron chi connectivity index (χ4n) is 3.01. The van der Waals surface area contributed by atoms with Gasteiger partial charge in [-0.25, -0.2) is 14.2 Å². The summed E-state index contributed by atoms with van der Waals surface area (Å²) in [6.07, 6.45) is 1.60. The van der Waals surface area contributed by atoms with Gasteiger partial charge < -0.3 is 14.2 Å². The SMILES string of the molecule is COc1cc(/C=C2\N=C(c3ccc(Br)cc3)OC2=O)cc(Br)c1OCc1ccccc1F. The lowest BCUT2D eigenvalue weighted by Crippen LogP contribution is -2.05. The standard InChI is InChI=1S/C24H16Br2FNO4/c1-30-21-12-14(10-18(26)22(21)31-13-16-4-2-3-5-19(16)27)11-20-24(29)32-23(28-20)15-6-8-17(25)9-7-15/h2-12H,13H2,1H3/b20-11-. The third kappa shape index (κ3) is 4.92. The molecule has 162 valence electrons. The molecule has 3 aromatic carbocycles. The lowest BCUT2D eigenvalue weighted by atomic mass is 10.1. The zero-order chi connectivity index (χ0) is 22.7. The Bertz CT molecular complexity index is 1240. The normalized spacial score (nSPS) is 14.3. The number of halogens is 3. The van der Waals surface area contributed by atoms with Gasteiger partial charge in [-0.2, -0.15) is 0 Å². The number of carbonyl (C=O) groups is 1. The van der Waals surface area contributed by atoms with Crippen LogP contribution in [-0.4, -0.2) is 19.0 Å². The molecule has 0 amide bonds. The molecule has 0 saturated heterocycles. The molecule has 1 aliphatic rings. The number of aliphatic imine (C=N–C) groups is 1. The Balaban J connectivity index is 1.59. The fourth-order valence-corrected chi connectivity index (χ4v) is 3.85. The molecule has 0 aromatic heterocycles. The quantitative estimate of drug-likeness (QED) is 0.263. The largest absolute Gasteiger partial charge is 0.493 e. The van der Waals surface area contributed by atoms with Crippen molar-refractivity contribution in [1.29, 1.82) is 0 Å². The summed E-state index contributed by atoms with van der Waals surface area (Å²) in [6, 6.07) is 17.2. The highest BCUT2D eigenvalue weighted by atomic mass is 79.9. The van der Waals surface area contributed by atoms with Crippen LogP contribution in [-0.2, 0) is 16.1 Å². The number of ether oxygens (including phenoxy) is 3. The number of benzene rings is 3. The maximum atomic E-state index is 13.9. The summed E-state index contributed by atoms with van der Waals surface area (Å²) < 4.78 is 31.9. The molecule has 4 rings (SSSR count). The Morgan fingerprint density at radius 1 is 1.09 bits per heavy atom. The first-order valence-electron chi connectivity index (χ1n) is 9.47. The van der Waals surface area contributed by atoms with Crippen LogP contribution in [0.3, 0.4) is 0 Å². The summed E-state index contributed by atoms with van der Waals surface area (Å²) in [6.45, 7) is 0.0369. The van der Waals surface area contributed by atoms with E-state index in [-0.39, 0.29) is 24.0 Å². The van der Waals surface area contributed by atoms with Crippen molar-refractivity contribution in [2.24, 2.45) is 4.99 Å². The highest BCUT2D eigenvalue weighted by Gasteiger charge is 2.24. The van der Waals surface area contributed by atoms with Gasteiger partial charge in [-0.15, -0.1) is 0 Å². The minimum Gasteiger partial charge on any atom is -0.493 e. The molecule has 0 atom stereocenters. The second-order valence-corrected chi connectivity index (χ2v) is 8.53. The second kappa shape index (κ2) is 9.67. The smallest absolute Gasteiger partial charge is 0.363 e. The van der Waals surface area contributed by atoms with Crippen LogP contribution >= 0.6 is 31.9 Å². The van der Waals surface area contributed by atoms with Gasteiger partial charge in [-0.1, -0.05) is 34.1 Å². The van der Waals surface area contributed by atoms with Gasteiger partial charge >= 0.3 is 5.97 Å². The van der Waals surface area contributed by atoms with Gasteiger partial charge in [-0.05, 0) is 70.0 Å². The van der Waals surface area contributed by atoms with Crippen LogP contribution in [0.15, 0.2) is 80.3 Å². The van der Waals surface area contributed by atoms with Crippen molar-refractivity contribution >= 4 is 49.8 Å². The number of hydrogen-bond donors (Lipinski definition) is 0. The van der Waals surface area contributed by atoms with Gasteiger partial charge in [0.05, 0.1) is 11.6 Å². The number of methoxy groups -OCH3 is 1. The predicted octanol–water partition coefficient (Wildman–Crippen LogP) is 6.28. The van der Waals surface area contributed by atoms with Crippen molar-refractivity contribution in [3.05, 3.63) is 97.8 Å². The van der Waals surface area contributed by atoms with Crippen LogP contribution in [0, 0.1) is 5.82 Å². The summed E-state index contributed by atoms with van der Waals surface area (Å²) in [4.78, 5) is 16.6. The Morgan fingerprint density at radius 2 is 1.84 bits per heavy atom. The average molecular weight is 561 g/mol. The molecular weight excluding hydrogens is 545 g/mol. The zero-order valence-corrected chi connectivity index (χ0v) is 19.9. The molecule has 0 bridgehead atoms. The summed E-state index contributed by atoms with van der Waals surface area (Å²) >= 11 is 6.84. The van der Waals surface area contributed by atoms with Gasteiger partial charge in [0, 0.05) is 15.6 Å². The number of nitrogens with zero attached hydrogens (tertiary/aromatic N) is 1. The van der Waals surface area contributed by atoms with E-state index in [4.69, 9.17) is 14.2 Å². The van der Waals surface area contributed by atoms with E-state index >= 15 is 0 Å². The van der Waals surface area contributed by atoms with Crippen LogP contribution in [0.2, 0.25) is 0 Å². The van der Waals surface area contributed by atoms with E-state index in [0.717, 1.165) is 4.47 Å². The zero-order valence-electron chi connectivity index (χ0n) is 16.8. The van der Waals surface area contributed by atoms with Crippen LogP contribution in [0.5, 0.6) is 11.5 Å². The lowest BCUT2D eigenvalue weighted by Gasteiger charge is -2.14. The Labute approximate surface area is 200 Å². The molecule has 0 N–H and O–H groups in total. The average Bonchev–Trinajstić information content (AvgIpc) is 3.14. The fraction of sp³-hybridized carbons (Fsp3) is 0.0833. The predicted molar refractivity (Wildman–Crippen MR) is 126 cm³/mol. The van der Waals surface area contributed by atoms with Crippen molar-refractivity contribution in [2.45, 2.75) is 6.61 Å². The van der Waals surface area contributed by atoms with Crippen molar-refractivity contribution in [2.75, 3.05) is 7.11 Å². The molecule has 1 heterocycles. The number of cyclic esters (lactones) is 1. The molecule has 32 heavy (non-hydrogen) atoms. The van der Waals surface area contributed by atoms with E-state index in [2.05, 4.69) is 36.9 Å². The third-order valence-electron chi connectivity index (χ3n) is 4.60. The summed E-state index contributed by atoms with van der Waals surface area (Å²) in [5, 5.41) is 0. The van der Waals surface area contributed by atoms with Crippen molar-refractivity contribution in [3.63, 3.8) is 0 Å². The molecule has 3 aromatic rings. The molecule has 0 aliphatic carbocycles. The van der Waals surface area contributed by atoms with Crippen LogP contribution in [0.1, 0.15) is 16.7 Å². The number of carbonyl (C=O) groups excluding carboxylic acids is 1. The Kier molecular flexibility index (Phi) is 6.72. The third-order valence-corrected chi connectivity index (χ3v) is 5.71. The summed E-state index contributed by atoms with van der Waals surface area (Å²) in [5.41, 5.74) is 1.94. The van der Waals surface area contributed by atoms with E-state index in [1.54, 1.807) is 48.5 Å². The van der Waals surface area contributed by atoms with E-state index in [1.807, 2.05) is 12.1 Å². The number of rotatable bonds is 6. The van der Waals surface area contributed by atoms with E-state index in [0.29, 0.717) is 32.7 Å². The van der Waals surface area contributed by atoms with Gasteiger partial charge in [0.2, 0.25) is 5.90 Å². The van der Waals surface area contributed by atoms with E-state index < -0.39 is 5.97 Å². The molecule has 0 saturated carbocycles. The molecule has 5 nitrogen and oxygen atoms in total. The first-order chi connectivity index (χ1) is 15.4. The molecule has 0 radical (unpaired) electrons. The maximum Gasteiger partial charge on any atom is 0.363 e. The molecule has 0 unspecified atom stereocenters. The molecule has 1 aliphatic heterocycles. The maximum absolute atomic E-state index is 13.9. The molecule has 0 spiro atoms. The first-order valence-corrected chi connectivity index (χ1v) is 11.1. The summed E-state index contributed by atoms with van der Waals surface area (Å²) in [5.74, 6) is 0.197. The molecular formula is C24H16Br2FNO4. The molecule has 8 heteroatoms. The highest BCUT2D eigenvalue weighted by Crippen LogP contribution is 2.38. The van der Waals surface area contributed by atoms with E-state index in [1.165, 1.54) is 13.2 Å². The minimum atomic E-state index is -0.544. The van der Waals surface area contributed by atoms with Gasteiger partial charge in [0.25, 0.3) is 0 Å². The van der Waals surface area contributed by atoms with Gasteiger partial charge in [0.1, 0.15) is 12.4 Å². The minimum absolute atomic E-state index is 0.0369. The monoisotopic (exact) mass is 559 g/mol. The Morgan fingerprint density at radius 3 is 2.56 bits per heavy atom. The van der Waals surface area contributed by atoms with Gasteiger partial charge in [-0.3, -0.25) is 0 Å². The van der Waals surface area contributed by atoms with Crippen LogP contribution < -0.4 is 9.47 Å². The topological polar surface area (TPSA) is 57.1 Å².